The maximum Gasteiger partial charge on any atom is 0.248 e. The largest absolute Gasteiger partial charge is 0.495 e. The minimum atomic E-state index is -0.444. The van der Waals surface area contributed by atoms with E-state index in [0.29, 0.717) is 17.9 Å². The van der Waals surface area contributed by atoms with Crippen molar-refractivity contribution in [3.8, 4) is 5.75 Å². The number of ether oxygens (including phenoxy) is 1. The number of primary amides is 1. The van der Waals surface area contributed by atoms with Gasteiger partial charge in [-0.05, 0) is 36.8 Å². The molecule has 0 saturated heterocycles. The maximum atomic E-state index is 11.2. The van der Waals surface area contributed by atoms with Gasteiger partial charge in [0.2, 0.25) is 5.91 Å². The molecule has 0 aliphatic carbocycles. The quantitative estimate of drug-likeness (QED) is 0.859. The molecule has 0 spiro atoms. The van der Waals surface area contributed by atoms with Crippen LogP contribution in [0.1, 0.15) is 27.0 Å². The molecule has 0 unspecified atom stereocenters. The van der Waals surface area contributed by atoms with Crippen LogP contribution in [-0.2, 0) is 13.0 Å². The third kappa shape index (κ3) is 3.30. The Morgan fingerprint density at radius 2 is 2.05 bits per heavy atom. The highest BCUT2D eigenvalue weighted by Crippen LogP contribution is 2.27. The molecule has 20 heavy (non-hydrogen) atoms. The lowest BCUT2D eigenvalue weighted by molar-refractivity contribution is 0.100. The second kappa shape index (κ2) is 6.43. The summed E-state index contributed by atoms with van der Waals surface area (Å²) in [5.74, 6) is 0.252. The van der Waals surface area contributed by atoms with Crippen molar-refractivity contribution in [2.24, 2.45) is 5.73 Å². The Kier molecular flexibility index (Phi) is 4.63. The first kappa shape index (κ1) is 14.4. The summed E-state index contributed by atoms with van der Waals surface area (Å²) < 4.78 is 5.28. The van der Waals surface area contributed by atoms with Gasteiger partial charge in [0, 0.05) is 21.9 Å². The Morgan fingerprint density at radius 3 is 2.65 bits per heavy atom. The van der Waals surface area contributed by atoms with Crippen molar-refractivity contribution < 1.29 is 9.53 Å². The summed E-state index contributed by atoms with van der Waals surface area (Å²) >= 11 is 1.78. The van der Waals surface area contributed by atoms with Gasteiger partial charge in [-0.2, -0.15) is 0 Å². The van der Waals surface area contributed by atoms with Crippen molar-refractivity contribution in [3.05, 3.63) is 45.6 Å². The molecule has 0 aliphatic heterocycles. The van der Waals surface area contributed by atoms with Crippen LogP contribution in [0.2, 0.25) is 0 Å². The molecule has 3 N–H and O–H groups in total. The standard InChI is InChI=1S/C15H18N2O2S/c1-3-11-5-6-12(20-11)9-17-13-8-10(15(16)18)4-7-14(13)19-2/h4-8,17H,3,9H2,1-2H3,(H2,16,18). The fraction of sp³-hybridized carbons (Fsp3) is 0.267. The van der Waals surface area contributed by atoms with Crippen molar-refractivity contribution in [2.75, 3.05) is 12.4 Å². The molecule has 0 fully saturated rings. The number of carbonyl (C=O) groups is 1. The second-order valence-corrected chi connectivity index (χ2v) is 5.61. The Labute approximate surface area is 122 Å². The molecular weight excluding hydrogens is 272 g/mol. The van der Waals surface area contributed by atoms with Gasteiger partial charge in [0.05, 0.1) is 12.8 Å². The summed E-state index contributed by atoms with van der Waals surface area (Å²) in [6, 6.07) is 9.37. The zero-order chi connectivity index (χ0) is 14.5. The van der Waals surface area contributed by atoms with E-state index in [1.54, 1.807) is 36.6 Å². The minimum absolute atomic E-state index is 0.444. The molecule has 2 aromatic rings. The first-order valence-corrected chi connectivity index (χ1v) is 7.25. The van der Waals surface area contributed by atoms with Crippen LogP contribution >= 0.6 is 11.3 Å². The first-order valence-electron chi connectivity index (χ1n) is 6.43. The zero-order valence-electron chi connectivity index (χ0n) is 11.6. The van der Waals surface area contributed by atoms with Gasteiger partial charge in [-0.25, -0.2) is 0 Å². The number of aryl methyl sites for hydroxylation is 1. The molecule has 0 saturated carbocycles. The topological polar surface area (TPSA) is 64.3 Å². The van der Waals surface area contributed by atoms with Crippen molar-refractivity contribution in [2.45, 2.75) is 19.9 Å². The lowest BCUT2D eigenvalue weighted by Gasteiger charge is -2.11. The highest BCUT2D eigenvalue weighted by molar-refractivity contribution is 7.12. The number of rotatable bonds is 6. The highest BCUT2D eigenvalue weighted by atomic mass is 32.1. The molecule has 5 heteroatoms. The van der Waals surface area contributed by atoms with E-state index in [4.69, 9.17) is 10.5 Å². The minimum Gasteiger partial charge on any atom is -0.495 e. The van der Waals surface area contributed by atoms with E-state index in [-0.39, 0.29) is 0 Å². The zero-order valence-corrected chi connectivity index (χ0v) is 12.4. The molecule has 1 aromatic carbocycles. The summed E-state index contributed by atoms with van der Waals surface area (Å²) in [6.45, 7) is 2.84. The fourth-order valence-electron chi connectivity index (χ4n) is 1.89. The molecule has 0 radical (unpaired) electrons. The smallest absolute Gasteiger partial charge is 0.248 e. The summed E-state index contributed by atoms with van der Waals surface area (Å²) in [5, 5.41) is 3.29. The molecule has 0 bridgehead atoms. The van der Waals surface area contributed by atoms with E-state index < -0.39 is 5.91 Å². The van der Waals surface area contributed by atoms with Crippen molar-refractivity contribution >= 4 is 22.9 Å². The van der Waals surface area contributed by atoms with Gasteiger partial charge in [-0.15, -0.1) is 11.3 Å². The summed E-state index contributed by atoms with van der Waals surface area (Å²) in [6.07, 6.45) is 1.05. The first-order chi connectivity index (χ1) is 9.63. The number of anilines is 1. The molecule has 1 heterocycles. The van der Waals surface area contributed by atoms with E-state index in [0.717, 1.165) is 12.1 Å². The molecule has 4 nitrogen and oxygen atoms in total. The third-order valence-corrected chi connectivity index (χ3v) is 4.23. The number of methoxy groups -OCH3 is 1. The molecule has 0 aliphatic rings. The van der Waals surface area contributed by atoms with Gasteiger partial charge < -0.3 is 15.8 Å². The van der Waals surface area contributed by atoms with Gasteiger partial charge >= 0.3 is 0 Å². The fourth-order valence-corrected chi connectivity index (χ4v) is 2.79. The summed E-state index contributed by atoms with van der Waals surface area (Å²) in [7, 11) is 1.60. The molecule has 2 rings (SSSR count). The monoisotopic (exact) mass is 290 g/mol. The number of benzene rings is 1. The predicted octanol–water partition coefficient (Wildman–Crippen LogP) is 3.03. The van der Waals surface area contributed by atoms with E-state index in [2.05, 4.69) is 24.4 Å². The van der Waals surface area contributed by atoms with Crippen LogP contribution in [0.15, 0.2) is 30.3 Å². The van der Waals surface area contributed by atoms with Crippen LogP contribution < -0.4 is 15.8 Å². The summed E-state index contributed by atoms with van der Waals surface area (Å²) in [4.78, 5) is 13.8. The van der Waals surface area contributed by atoms with Gasteiger partial charge in [0.15, 0.2) is 0 Å². The average Bonchev–Trinajstić information content (AvgIpc) is 2.92. The van der Waals surface area contributed by atoms with Gasteiger partial charge in [-0.1, -0.05) is 6.92 Å². The number of amides is 1. The lowest BCUT2D eigenvalue weighted by atomic mass is 10.1. The van der Waals surface area contributed by atoms with Crippen LogP contribution in [0.25, 0.3) is 0 Å². The Bertz CT molecular complexity index is 608. The summed E-state index contributed by atoms with van der Waals surface area (Å²) in [5.41, 5.74) is 6.54. The molecular formula is C15H18N2O2S. The SMILES string of the molecule is CCc1ccc(CNc2cc(C(N)=O)ccc2OC)s1. The van der Waals surface area contributed by atoms with Gasteiger partial charge in [0.25, 0.3) is 0 Å². The van der Waals surface area contributed by atoms with Crippen LogP contribution in [0.5, 0.6) is 5.75 Å². The predicted molar refractivity (Wildman–Crippen MR) is 82.5 cm³/mol. The highest BCUT2D eigenvalue weighted by Gasteiger charge is 2.08. The van der Waals surface area contributed by atoms with E-state index in [9.17, 15) is 4.79 Å². The van der Waals surface area contributed by atoms with Crippen LogP contribution in [0, 0.1) is 0 Å². The van der Waals surface area contributed by atoms with E-state index >= 15 is 0 Å². The number of nitrogens with one attached hydrogen (secondary N) is 1. The number of hydrogen-bond acceptors (Lipinski definition) is 4. The molecule has 1 aromatic heterocycles. The number of thiophene rings is 1. The number of hydrogen-bond donors (Lipinski definition) is 2. The molecule has 1 amide bonds. The lowest BCUT2D eigenvalue weighted by Crippen LogP contribution is -2.11. The number of carbonyl (C=O) groups excluding carboxylic acids is 1. The normalized spacial score (nSPS) is 10.3. The Hall–Kier alpha value is -2.01. The van der Waals surface area contributed by atoms with Gasteiger partial charge in [0.1, 0.15) is 5.75 Å². The van der Waals surface area contributed by atoms with E-state index in [1.165, 1.54) is 9.75 Å². The Morgan fingerprint density at radius 1 is 1.30 bits per heavy atom. The Balaban J connectivity index is 2.14. The van der Waals surface area contributed by atoms with E-state index in [1.807, 2.05) is 0 Å². The molecule has 106 valence electrons. The third-order valence-electron chi connectivity index (χ3n) is 3.00. The maximum absolute atomic E-state index is 11.2. The van der Waals surface area contributed by atoms with Crippen molar-refractivity contribution in [1.82, 2.24) is 0 Å². The van der Waals surface area contributed by atoms with Crippen LogP contribution in [0.3, 0.4) is 0 Å². The van der Waals surface area contributed by atoms with Gasteiger partial charge in [-0.3, -0.25) is 4.79 Å². The molecule has 0 atom stereocenters. The van der Waals surface area contributed by atoms with Crippen molar-refractivity contribution in [3.63, 3.8) is 0 Å². The van der Waals surface area contributed by atoms with Crippen LogP contribution in [0.4, 0.5) is 5.69 Å². The van der Waals surface area contributed by atoms with Crippen LogP contribution in [-0.4, -0.2) is 13.0 Å². The second-order valence-electron chi connectivity index (χ2n) is 4.35. The number of nitrogens with two attached hydrogens (primary N) is 1. The average molecular weight is 290 g/mol. The van der Waals surface area contributed by atoms with Crippen molar-refractivity contribution in [1.29, 1.82) is 0 Å².